The maximum Gasteiger partial charge on any atom is 0.228 e. The highest BCUT2D eigenvalue weighted by Gasteiger charge is 2.30. The summed E-state index contributed by atoms with van der Waals surface area (Å²) in [7, 11) is 1.69. The molecule has 1 amide bonds. The summed E-state index contributed by atoms with van der Waals surface area (Å²) in [6, 6.07) is 1.62. The topological polar surface area (TPSA) is 84.0 Å². The van der Waals surface area contributed by atoms with Gasteiger partial charge in [0.05, 0.1) is 5.69 Å². The number of nitrogens with zero attached hydrogens (tertiary/aromatic N) is 2. The summed E-state index contributed by atoms with van der Waals surface area (Å²) >= 11 is 0. The molecule has 0 atom stereocenters. The van der Waals surface area contributed by atoms with Crippen molar-refractivity contribution < 1.29 is 9.59 Å². The molecule has 1 saturated carbocycles. The van der Waals surface area contributed by atoms with Gasteiger partial charge in [0.25, 0.3) is 0 Å². The summed E-state index contributed by atoms with van der Waals surface area (Å²) in [5.41, 5.74) is 0.843. The largest absolute Gasteiger partial charge is 0.386 e. The van der Waals surface area contributed by atoms with Gasteiger partial charge in [-0.05, 0) is 12.8 Å². The van der Waals surface area contributed by atoms with E-state index in [4.69, 9.17) is 0 Å². The van der Waals surface area contributed by atoms with Crippen LogP contribution in [-0.2, 0) is 4.79 Å². The van der Waals surface area contributed by atoms with Crippen molar-refractivity contribution in [3.63, 3.8) is 0 Å². The average molecular weight is 234 g/mol. The van der Waals surface area contributed by atoms with Gasteiger partial charge in [-0.25, -0.2) is 0 Å². The van der Waals surface area contributed by atoms with Crippen LogP contribution in [0.1, 0.15) is 30.3 Å². The Labute approximate surface area is 98.8 Å². The lowest BCUT2D eigenvalue weighted by molar-refractivity contribution is -0.117. The second-order valence-corrected chi connectivity index (χ2v) is 4.06. The predicted molar refractivity (Wildman–Crippen MR) is 62.9 cm³/mol. The maximum absolute atomic E-state index is 11.5. The van der Waals surface area contributed by atoms with Crippen molar-refractivity contribution in [2.45, 2.75) is 19.8 Å². The molecule has 6 heteroatoms. The molecule has 90 valence electrons. The molecule has 2 rings (SSSR count). The zero-order chi connectivity index (χ0) is 12.4. The van der Waals surface area contributed by atoms with Gasteiger partial charge < -0.3 is 10.6 Å². The van der Waals surface area contributed by atoms with Crippen LogP contribution in [-0.4, -0.2) is 28.9 Å². The number of nitrogens with one attached hydrogen (secondary N) is 2. The third kappa shape index (κ3) is 2.58. The van der Waals surface area contributed by atoms with Crippen LogP contribution in [0.4, 0.5) is 11.5 Å². The summed E-state index contributed by atoms with van der Waals surface area (Å²) in [5, 5.41) is 13.2. The molecule has 1 heterocycles. The summed E-state index contributed by atoms with van der Waals surface area (Å²) in [6.45, 7) is 1.42. The van der Waals surface area contributed by atoms with Gasteiger partial charge in [0, 0.05) is 26.0 Å². The minimum absolute atomic E-state index is 0.0306. The molecule has 1 fully saturated rings. The Morgan fingerprint density at radius 2 is 2.06 bits per heavy atom. The molecule has 0 spiro atoms. The number of rotatable bonds is 4. The number of carbonyl (C=O) groups excluding carboxylic acids is 2. The van der Waals surface area contributed by atoms with Crippen LogP contribution < -0.4 is 10.6 Å². The predicted octanol–water partition coefficient (Wildman–Crippen LogP) is 1.07. The Morgan fingerprint density at radius 1 is 1.35 bits per heavy atom. The minimum atomic E-state index is -0.165. The Hall–Kier alpha value is -1.98. The molecule has 6 nitrogen and oxygen atoms in total. The van der Waals surface area contributed by atoms with Crippen molar-refractivity contribution in [3.8, 4) is 0 Å². The number of anilines is 2. The van der Waals surface area contributed by atoms with Gasteiger partial charge in [-0.15, -0.1) is 10.2 Å². The fourth-order valence-electron chi connectivity index (χ4n) is 1.48. The monoisotopic (exact) mass is 234 g/mol. The molecule has 1 aliphatic carbocycles. The van der Waals surface area contributed by atoms with E-state index in [9.17, 15) is 9.59 Å². The van der Waals surface area contributed by atoms with E-state index in [0.29, 0.717) is 11.5 Å². The highest BCUT2D eigenvalue weighted by molar-refractivity contribution is 5.98. The van der Waals surface area contributed by atoms with E-state index in [1.54, 1.807) is 13.1 Å². The molecular weight excluding hydrogens is 220 g/mol. The van der Waals surface area contributed by atoms with Gasteiger partial charge in [0.2, 0.25) is 5.91 Å². The van der Waals surface area contributed by atoms with E-state index < -0.39 is 0 Å². The maximum atomic E-state index is 11.5. The highest BCUT2D eigenvalue weighted by atomic mass is 16.2. The fourth-order valence-corrected chi connectivity index (χ4v) is 1.48. The van der Waals surface area contributed by atoms with Gasteiger partial charge in [-0.3, -0.25) is 9.59 Å². The standard InChI is InChI=1S/C11H14N4O2/c1-6(16)10-8(12-2)5-9(14-15-10)13-11(17)7-3-4-7/h5,7H,3-4H2,1-2H3,(H2,12,13,14,17). The van der Waals surface area contributed by atoms with Crippen LogP contribution in [0, 0.1) is 5.92 Å². The summed E-state index contributed by atoms with van der Waals surface area (Å²) in [6.07, 6.45) is 1.87. The van der Waals surface area contributed by atoms with E-state index >= 15 is 0 Å². The second kappa shape index (κ2) is 4.48. The molecule has 0 aliphatic heterocycles. The number of aromatic nitrogens is 2. The van der Waals surface area contributed by atoms with Crippen LogP contribution in [0.25, 0.3) is 0 Å². The summed E-state index contributed by atoms with van der Waals surface area (Å²) < 4.78 is 0. The number of hydrogen-bond acceptors (Lipinski definition) is 5. The van der Waals surface area contributed by atoms with Gasteiger partial charge >= 0.3 is 0 Å². The van der Waals surface area contributed by atoms with Crippen molar-refractivity contribution in [3.05, 3.63) is 11.8 Å². The first-order valence-corrected chi connectivity index (χ1v) is 5.49. The summed E-state index contributed by atoms with van der Waals surface area (Å²) in [4.78, 5) is 22.8. The van der Waals surface area contributed by atoms with E-state index in [2.05, 4.69) is 20.8 Å². The number of carbonyl (C=O) groups is 2. The van der Waals surface area contributed by atoms with Gasteiger partial charge in [-0.2, -0.15) is 0 Å². The molecule has 17 heavy (non-hydrogen) atoms. The molecule has 0 saturated heterocycles. The first-order chi connectivity index (χ1) is 8.11. The van der Waals surface area contributed by atoms with Gasteiger partial charge in [0.1, 0.15) is 0 Å². The second-order valence-electron chi connectivity index (χ2n) is 4.06. The normalized spacial score (nSPS) is 14.2. The molecule has 0 bridgehead atoms. The number of ketones is 1. The van der Waals surface area contributed by atoms with E-state index in [-0.39, 0.29) is 23.3 Å². The SMILES string of the molecule is CNc1cc(NC(=O)C2CC2)nnc1C(C)=O. The van der Waals surface area contributed by atoms with Gasteiger partial charge in [-0.1, -0.05) is 0 Å². The van der Waals surface area contributed by atoms with Crippen molar-refractivity contribution in [1.82, 2.24) is 10.2 Å². The Morgan fingerprint density at radius 3 is 2.59 bits per heavy atom. The lowest BCUT2D eigenvalue weighted by Gasteiger charge is -2.07. The smallest absolute Gasteiger partial charge is 0.228 e. The van der Waals surface area contributed by atoms with E-state index in [1.165, 1.54) is 6.92 Å². The quantitative estimate of drug-likeness (QED) is 0.761. The average Bonchev–Trinajstić information content (AvgIpc) is 3.12. The third-order valence-electron chi connectivity index (χ3n) is 2.60. The lowest BCUT2D eigenvalue weighted by atomic mass is 10.2. The lowest BCUT2D eigenvalue weighted by Crippen LogP contribution is -2.16. The Bertz CT molecular complexity index is 469. The molecule has 0 aromatic carbocycles. The first kappa shape index (κ1) is 11.5. The molecule has 0 radical (unpaired) electrons. The number of amides is 1. The minimum Gasteiger partial charge on any atom is -0.386 e. The van der Waals surface area contributed by atoms with Crippen LogP contribution >= 0.6 is 0 Å². The van der Waals surface area contributed by atoms with Crippen molar-refractivity contribution in [1.29, 1.82) is 0 Å². The third-order valence-corrected chi connectivity index (χ3v) is 2.60. The van der Waals surface area contributed by atoms with Crippen LogP contribution in [0.15, 0.2) is 6.07 Å². The van der Waals surface area contributed by atoms with Crippen molar-refractivity contribution in [2.24, 2.45) is 5.92 Å². The van der Waals surface area contributed by atoms with Crippen molar-refractivity contribution in [2.75, 3.05) is 17.7 Å². The molecule has 1 aliphatic rings. The number of Topliss-reactive ketones (excluding diaryl/α,β-unsaturated/α-hetero) is 1. The first-order valence-electron chi connectivity index (χ1n) is 5.49. The molecule has 1 aromatic heterocycles. The highest BCUT2D eigenvalue weighted by Crippen LogP contribution is 2.30. The van der Waals surface area contributed by atoms with E-state index in [1.807, 2.05) is 0 Å². The fraction of sp³-hybridized carbons (Fsp3) is 0.455. The Kier molecular flexibility index (Phi) is 3.03. The molecule has 2 N–H and O–H groups in total. The van der Waals surface area contributed by atoms with Crippen LogP contribution in [0.5, 0.6) is 0 Å². The van der Waals surface area contributed by atoms with E-state index in [0.717, 1.165) is 12.8 Å². The zero-order valence-electron chi connectivity index (χ0n) is 9.78. The zero-order valence-corrected chi connectivity index (χ0v) is 9.78. The number of hydrogen-bond donors (Lipinski definition) is 2. The summed E-state index contributed by atoms with van der Waals surface area (Å²) in [5.74, 6) is 0.289. The van der Waals surface area contributed by atoms with Crippen LogP contribution in [0.2, 0.25) is 0 Å². The molecular formula is C11H14N4O2. The van der Waals surface area contributed by atoms with Gasteiger partial charge in [0.15, 0.2) is 17.3 Å². The molecule has 0 unspecified atom stereocenters. The van der Waals surface area contributed by atoms with Crippen molar-refractivity contribution >= 4 is 23.2 Å². The Balaban J connectivity index is 2.18. The van der Waals surface area contributed by atoms with Crippen LogP contribution in [0.3, 0.4) is 0 Å². The molecule has 1 aromatic rings.